The van der Waals surface area contributed by atoms with Crippen molar-refractivity contribution in [2.45, 2.75) is 155 Å². The second-order valence-corrected chi connectivity index (χ2v) is 19.9. The molecular weight excluding hydrogens is 640 g/mol. The Morgan fingerprint density at radius 1 is 0.980 bits per heavy atom. The highest BCUT2D eigenvalue weighted by molar-refractivity contribution is 6.01. The number of phenolic OH excluding ortho intramolecular Hbond substituents is 1. The Kier molecular flexibility index (Phi) is 8.54. The molecule has 1 aliphatic heterocycles. The van der Waals surface area contributed by atoms with E-state index >= 15 is 4.79 Å². The number of hydrogen-bond acceptors (Lipinski definition) is 8. The zero-order valence-electron chi connectivity index (χ0n) is 32.8. The number of aliphatic hydroxyl groups is 2. The molecule has 1 aromatic carbocycles. The van der Waals surface area contributed by atoms with Gasteiger partial charge in [-0.25, -0.2) is 0 Å². The monoisotopic (exact) mass is 704 g/mol. The van der Waals surface area contributed by atoms with Crippen LogP contribution >= 0.6 is 0 Å². The minimum atomic E-state index is -0.771. The molecule has 11 atom stereocenters. The molecule has 8 rings (SSSR count). The number of aliphatic hydroxyl groups excluding tert-OH is 2. The number of carbonyl (C=O) groups is 2. The van der Waals surface area contributed by atoms with Crippen LogP contribution in [0.5, 0.6) is 5.75 Å². The molecule has 6 fully saturated rings. The van der Waals surface area contributed by atoms with Crippen molar-refractivity contribution >= 4 is 11.6 Å². The molecule has 5 saturated carbocycles. The van der Waals surface area contributed by atoms with E-state index in [0.717, 1.165) is 42.4 Å². The average molecular weight is 705 g/mol. The van der Waals surface area contributed by atoms with Crippen LogP contribution in [0.2, 0.25) is 0 Å². The van der Waals surface area contributed by atoms with Gasteiger partial charge in [0.1, 0.15) is 17.6 Å². The van der Waals surface area contributed by atoms with Gasteiger partial charge in [-0.15, -0.1) is 0 Å². The van der Waals surface area contributed by atoms with E-state index in [0.29, 0.717) is 38.8 Å². The van der Waals surface area contributed by atoms with E-state index in [9.17, 15) is 20.1 Å². The molecule has 282 valence electrons. The number of fused-ring (bicyclic) bond motifs is 5. The molecule has 0 amide bonds. The molecule has 8 nitrogen and oxygen atoms in total. The van der Waals surface area contributed by atoms with Crippen LogP contribution in [-0.2, 0) is 26.3 Å². The molecule has 6 aliphatic carbocycles. The lowest BCUT2D eigenvalue weighted by Gasteiger charge is -2.73. The molecule has 8 heteroatoms. The van der Waals surface area contributed by atoms with Gasteiger partial charge in [-0.3, -0.25) is 9.59 Å². The summed E-state index contributed by atoms with van der Waals surface area (Å²) in [6.07, 6.45) is 4.35. The van der Waals surface area contributed by atoms with Crippen molar-refractivity contribution in [3.63, 3.8) is 0 Å². The molecule has 7 aliphatic rings. The molecule has 1 aromatic rings. The number of rotatable bonds is 10. The number of nitrogens with one attached hydrogen (secondary N) is 2. The van der Waals surface area contributed by atoms with Crippen LogP contribution in [-0.4, -0.2) is 69.9 Å². The lowest BCUT2D eigenvalue weighted by atomic mass is 9.32. The van der Waals surface area contributed by atoms with Gasteiger partial charge in [0, 0.05) is 35.9 Å². The van der Waals surface area contributed by atoms with Crippen molar-refractivity contribution in [1.82, 2.24) is 10.6 Å². The first kappa shape index (κ1) is 37.2. The Morgan fingerprint density at radius 2 is 1.67 bits per heavy atom. The molecule has 1 saturated heterocycles. The van der Waals surface area contributed by atoms with Gasteiger partial charge in [0.2, 0.25) is 0 Å². The Balaban J connectivity index is 1.37. The van der Waals surface area contributed by atoms with Gasteiger partial charge < -0.3 is 30.7 Å². The van der Waals surface area contributed by atoms with Gasteiger partial charge >= 0.3 is 0 Å². The maximum Gasteiger partial charge on any atom is 0.159 e. The molecule has 11 unspecified atom stereocenters. The predicted molar refractivity (Wildman–Crippen MR) is 198 cm³/mol. The van der Waals surface area contributed by atoms with Crippen LogP contribution in [0.3, 0.4) is 0 Å². The van der Waals surface area contributed by atoms with E-state index < -0.39 is 28.6 Å². The van der Waals surface area contributed by atoms with Crippen LogP contribution in [0, 0.1) is 39.4 Å². The molecule has 0 spiro atoms. The number of β-amino-alcohol motifs (C(OH)–C–C–N with tert-alkyl or cyclic N) is 1. The van der Waals surface area contributed by atoms with E-state index in [1.165, 1.54) is 5.57 Å². The normalized spacial score (nSPS) is 42.2. The number of benzene rings is 1. The highest BCUT2D eigenvalue weighted by atomic mass is 16.6. The third-order valence-electron chi connectivity index (χ3n) is 15.8. The Labute approximate surface area is 305 Å². The number of aromatic hydroxyl groups is 1. The Morgan fingerprint density at radius 3 is 2.29 bits per heavy atom. The number of phenols is 1. The topological polar surface area (TPSA) is 131 Å². The largest absolute Gasteiger partial charge is 0.508 e. The highest BCUT2D eigenvalue weighted by Gasteiger charge is 2.78. The van der Waals surface area contributed by atoms with E-state index in [1.54, 1.807) is 6.07 Å². The maximum atomic E-state index is 15.3. The van der Waals surface area contributed by atoms with Gasteiger partial charge in [-0.2, -0.15) is 0 Å². The van der Waals surface area contributed by atoms with Crippen molar-refractivity contribution in [3.8, 4) is 5.75 Å². The molecule has 5 N–H and O–H groups in total. The zero-order chi connectivity index (χ0) is 37.3. The standard InChI is InChI=1S/C43H64N2O6/c1-24(15-30(48)34-38(5,6)51-34)33-29-11-12-32-39(7)22-42(27-16-26(21-44-10)17-28(47)18-27)13-14-43(45-20-25(2)46,35(39)37(3,4)36(42)50)23-41(32,9)40(29,8)19-31(33)49/h16-18,24-25,30,32,34-35,44-48H,11-15,19-23H2,1-10H3. The number of carbonyl (C=O) groups excluding carboxylic acids is 2. The number of hydrogen-bond donors (Lipinski definition) is 5. The number of Topliss-reactive ketones (excluding diaryl/α,β-unsaturated/α-hetero) is 2. The number of epoxide rings is 1. The average Bonchev–Trinajstić information content (AvgIpc) is 3.61. The van der Waals surface area contributed by atoms with Crippen molar-refractivity contribution in [3.05, 3.63) is 40.5 Å². The lowest BCUT2D eigenvalue weighted by molar-refractivity contribution is -0.213. The van der Waals surface area contributed by atoms with Gasteiger partial charge in [-0.05, 0) is 130 Å². The summed E-state index contributed by atoms with van der Waals surface area (Å²) in [4.78, 5) is 29.6. The molecule has 51 heavy (non-hydrogen) atoms. The molecule has 0 radical (unpaired) electrons. The van der Waals surface area contributed by atoms with E-state index in [2.05, 4.69) is 58.2 Å². The number of ketones is 2. The van der Waals surface area contributed by atoms with Crippen LogP contribution in [0.25, 0.3) is 0 Å². The summed E-state index contributed by atoms with van der Waals surface area (Å²) in [6.45, 7) is 20.6. The number of ether oxygens (including phenoxy) is 1. The predicted octanol–water partition coefficient (Wildman–Crippen LogP) is 6.13. The smallest absolute Gasteiger partial charge is 0.159 e. The van der Waals surface area contributed by atoms with Crippen LogP contribution < -0.4 is 10.6 Å². The highest BCUT2D eigenvalue weighted by Crippen LogP contribution is 2.79. The summed E-state index contributed by atoms with van der Waals surface area (Å²) in [5, 5.41) is 40.1. The maximum absolute atomic E-state index is 15.3. The zero-order valence-corrected chi connectivity index (χ0v) is 32.8. The minimum Gasteiger partial charge on any atom is -0.508 e. The van der Waals surface area contributed by atoms with Gasteiger partial charge in [0.15, 0.2) is 5.78 Å². The first-order chi connectivity index (χ1) is 23.6. The second kappa shape index (κ2) is 11.7. The third kappa shape index (κ3) is 5.16. The minimum absolute atomic E-state index is 0.0215. The van der Waals surface area contributed by atoms with Crippen molar-refractivity contribution in [1.29, 1.82) is 0 Å². The number of allylic oxidation sites excluding steroid dienone is 2. The summed E-state index contributed by atoms with van der Waals surface area (Å²) in [7, 11) is 1.90. The van der Waals surface area contributed by atoms with Gasteiger partial charge in [0.05, 0.1) is 23.2 Å². The molecule has 0 aromatic heterocycles. The van der Waals surface area contributed by atoms with Gasteiger partial charge in [0.25, 0.3) is 0 Å². The summed E-state index contributed by atoms with van der Waals surface area (Å²) in [5.41, 5.74) is 0.966. The fraction of sp³-hybridized carbons (Fsp3) is 0.767. The second-order valence-electron chi connectivity index (χ2n) is 19.9. The molecule has 4 bridgehead atoms. The lowest BCUT2D eigenvalue weighted by Crippen LogP contribution is -2.74. The first-order valence-corrected chi connectivity index (χ1v) is 19.7. The first-order valence-electron chi connectivity index (χ1n) is 19.7. The summed E-state index contributed by atoms with van der Waals surface area (Å²) in [6, 6.07) is 5.78. The Hall–Kier alpha value is -2.10. The quantitative estimate of drug-likeness (QED) is 0.184. The van der Waals surface area contributed by atoms with Crippen LogP contribution in [0.1, 0.15) is 125 Å². The fourth-order valence-electron chi connectivity index (χ4n) is 14.2. The summed E-state index contributed by atoms with van der Waals surface area (Å²) in [5.74, 6) is 0.878. The molecular formula is C43H64N2O6. The summed E-state index contributed by atoms with van der Waals surface area (Å²) < 4.78 is 5.78. The fourth-order valence-corrected chi connectivity index (χ4v) is 14.2. The van der Waals surface area contributed by atoms with E-state index in [1.807, 2.05) is 33.9 Å². The van der Waals surface area contributed by atoms with Crippen molar-refractivity contribution < 1.29 is 29.6 Å². The SMILES string of the molecule is CNCc1cc(O)cc(C23CCC4(NCC(C)O)CC5(C)C(CCC6=C(C(C)CC(O)C7OC7(C)C)C(=O)CC65C)C(C)(C2)C4C(C)(C)C3=O)c1. The molecule has 1 heterocycles. The van der Waals surface area contributed by atoms with Crippen molar-refractivity contribution in [2.75, 3.05) is 13.6 Å². The van der Waals surface area contributed by atoms with E-state index in [4.69, 9.17) is 4.74 Å². The Bertz CT molecular complexity index is 1660. The van der Waals surface area contributed by atoms with Crippen LogP contribution in [0.15, 0.2) is 29.3 Å². The van der Waals surface area contributed by atoms with Crippen molar-refractivity contribution in [2.24, 2.45) is 39.4 Å². The van der Waals surface area contributed by atoms with Crippen LogP contribution in [0.4, 0.5) is 0 Å². The van der Waals surface area contributed by atoms with E-state index in [-0.39, 0.29) is 63.0 Å². The third-order valence-corrected chi connectivity index (χ3v) is 15.8. The summed E-state index contributed by atoms with van der Waals surface area (Å²) >= 11 is 0. The van der Waals surface area contributed by atoms with Gasteiger partial charge in [-0.1, -0.05) is 53.2 Å².